The maximum absolute atomic E-state index is 12.9. The summed E-state index contributed by atoms with van der Waals surface area (Å²) in [5.41, 5.74) is 1.30. The first-order chi connectivity index (χ1) is 14.9. The maximum Gasteiger partial charge on any atom is 0.414 e. The Balaban J connectivity index is 0.000000501. The molecule has 1 amide bonds. The average Bonchev–Trinajstić information content (AvgIpc) is 3.05. The van der Waals surface area contributed by atoms with Gasteiger partial charge in [-0.15, -0.1) is 0 Å². The summed E-state index contributed by atoms with van der Waals surface area (Å²) >= 11 is 0. The SMILES string of the molecule is CCOc1ccc(CN2CCCC(C(=O)N3CCCCCC3)C2)cc1.O=C(O)C(=O)O. The number of carbonyl (C=O) groups excluding carboxylic acids is 1. The normalized spacial score (nSPS) is 19.5. The smallest absolute Gasteiger partial charge is 0.414 e. The molecule has 1 aromatic rings. The summed E-state index contributed by atoms with van der Waals surface area (Å²) in [6.45, 7) is 7.56. The number of nitrogens with zero attached hydrogens (tertiary/aromatic N) is 2. The van der Waals surface area contributed by atoms with Gasteiger partial charge in [-0.25, -0.2) is 9.59 Å². The highest BCUT2D eigenvalue weighted by molar-refractivity contribution is 6.27. The maximum atomic E-state index is 12.9. The van der Waals surface area contributed by atoms with Crippen molar-refractivity contribution < 1.29 is 29.3 Å². The zero-order chi connectivity index (χ0) is 22.6. The topological polar surface area (TPSA) is 107 Å². The standard InChI is InChI=1S/C21H32N2O2.C2H2O4/c1-2-25-20-11-9-18(10-12-20)16-22-13-7-8-19(17-22)21(24)23-14-5-3-4-6-15-23;3-1(4)2(5)6/h9-12,19H,2-8,13-17H2,1H3;(H,3,4)(H,5,6). The van der Waals surface area contributed by atoms with Crippen molar-refractivity contribution in [1.82, 2.24) is 9.80 Å². The van der Waals surface area contributed by atoms with Gasteiger partial charge in [-0.05, 0) is 56.8 Å². The van der Waals surface area contributed by atoms with Crippen LogP contribution in [0, 0.1) is 5.92 Å². The molecule has 2 aliphatic heterocycles. The molecule has 0 bridgehead atoms. The van der Waals surface area contributed by atoms with Crippen LogP contribution in [-0.2, 0) is 20.9 Å². The van der Waals surface area contributed by atoms with Crippen LogP contribution in [-0.4, -0.2) is 70.6 Å². The lowest BCUT2D eigenvalue weighted by molar-refractivity contribution is -0.159. The minimum atomic E-state index is -1.82. The fraction of sp³-hybridized carbons (Fsp3) is 0.609. The van der Waals surface area contributed by atoms with Crippen LogP contribution < -0.4 is 4.74 Å². The number of carbonyl (C=O) groups is 3. The predicted octanol–water partition coefficient (Wildman–Crippen LogP) is 2.86. The molecule has 2 aliphatic rings. The Morgan fingerprint density at radius 2 is 1.55 bits per heavy atom. The second-order valence-electron chi connectivity index (χ2n) is 8.00. The first-order valence-corrected chi connectivity index (χ1v) is 11.1. The van der Waals surface area contributed by atoms with Gasteiger partial charge in [0, 0.05) is 26.2 Å². The quantitative estimate of drug-likeness (QED) is 0.686. The lowest BCUT2D eigenvalue weighted by Crippen LogP contribution is -2.44. The predicted molar refractivity (Wildman–Crippen MR) is 116 cm³/mol. The molecular formula is C23H34N2O6. The Kier molecular flexibility index (Phi) is 10.3. The second kappa shape index (κ2) is 12.9. The Hall–Kier alpha value is -2.61. The van der Waals surface area contributed by atoms with Crippen LogP contribution in [0.3, 0.4) is 0 Å². The van der Waals surface area contributed by atoms with Crippen LogP contribution in [0.25, 0.3) is 0 Å². The molecule has 0 aliphatic carbocycles. The van der Waals surface area contributed by atoms with E-state index in [9.17, 15) is 4.79 Å². The van der Waals surface area contributed by atoms with Gasteiger partial charge in [0.25, 0.3) is 0 Å². The molecule has 2 N–H and O–H groups in total. The number of carboxylic acid groups (broad SMARTS) is 2. The van der Waals surface area contributed by atoms with Crippen molar-refractivity contribution in [3.63, 3.8) is 0 Å². The molecule has 1 atom stereocenters. The molecule has 172 valence electrons. The minimum absolute atomic E-state index is 0.189. The van der Waals surface area contributed by atoms with E-state index in [2.05, 4.69) is 21.9 Å². The van der Waals surface area contributed by atoms with Gasteiger partial charge in [0.15, 0.2) is 0 Å². The molecular weight excluding hydrogens is 400 g/mol. The Morgan fingerprint density at radius 3 is 2.10 bits per heavy atom. The highest BCUT2D eigenvalue weighted by Crippen LogP contribution is 2.23. The molecule has 1 unspecified atom stereocenters. The van der Waals surface area contributed by atoms with Crippen LogP contribution in [0.1, 0.15) is 51.0 Å². The number of hydrogen-bond donors (Lipinski definition) is 2. The van der Waals surface area contributed by atoms with Crippen molar-refractivity contribution in [3.8, 4) is 5.75 Å². The molecule has 31 heavy (non-hydrogen) atoms. The molecule has 2 fully saturated rings. The molecule has 8 nitrogen and oxygen atoms in total. The summed E-state index contributed by atoms with van der Waals surface area (Å²) in [4.78, 5) is 35.7. The Bertz CT molecular complexity index is 701. The number of benzene rings is 1. The summed E-state index contributed by atoms with van der Waals surface area (Å²) < 4.78 is 5.51. The van der Waals surface area contributed by atoms with Crippen LogP contribution >= 0.6 is 0 Å². The number of ether oxygens (including phenoxy) is 1. The summed E-state index contributed by atoms with van der Waals surface area (Å²) in [6.07, 6.45) is 7.08. The highest BCUT2D eigenvalue weighted by Gasteiger charge is 2.29. The molecule has 0 radical (unpaired) electrons. The summed E-state index contributed by atoms with van der Waals surface area (Å²) in [6, 6.07) is 8.38. The molecule has 2 saturated heterocycles. The number of likely N-dealkylation sites (tertiary alicyclic amines) is 2. The largest absolute Gasteiger partial charge is 0.494 e. The third-order valence-electron chi connectivity index (χ3n) is 5.60. The lowest BCUT2D eigenvalue weighted by atomic mass is 9.96. The molecule has 0 saturated carbocycles. The van der Waals surface area contributed by atoms with Gasteiger partial charge in [0.2, 0.25) is 5.91 Å². The van der Waals surface area contributed by atoms with Gasteiger partial charge in [-0.2, -0.15) is 0 Å². The summed E-state index contributed by atoms with van der Waals surface area (Å²) in [7, 11) is 0. The number of carboxylic acids is 2. The number of amides is 1. The fourth-order valence-corrected chi connectivity index (χ4v) is 4.07. The average molecular weight is 435 g/mol. The van der Waals surface area contributed by atoms with Crippen molar-refractivity contribution in [2.24, 2.45) is 5.92 Å². The van der Waals surface area contributed by atoms with Gasteiger partial charge >= 0.3 is 11.9 Å². The van der Waals surface area contributed by atoms with Gasteiger partial charge in [-0.3, -0.25) is 9.69 Å². The van der Waals surface area contributed by atoms with E-state index in [-0.39, 0.29) is 5.92 Å². The monoisotopic (exact) mass is 434 g/mol. The van der Waals surface area contributed by atoms with E-state index in [1.54, 1.807) is 0 Å². The number of rotatable bonds is 5. The Morgan fingerprint density at radius 1 is 0.935 bits per heavy atom. The van der Waals surface area contributed by atoms with Gasteiger partial charge in [-0.1, -0.05) is 25.0 Å². The van der Waals surface area contributed by atoms with Crippen LogP contribution in [0.5, 0.6) is 5.75 Å². The Labute approximate surface area is 183 Å². The first-order valence-electron chi connectivity index (χ1n) is 11.1. The number of hydrogen-bond acceptors (Lipinski definition) is 5. The molecule has 0 spiro atoms. The second-order valence-corrected chi connectivity index (χ2v) is 8.00. The van der Waals surface area contributed by atoms with E-state index in [4.69, 9.17) is 24.5 Å². The first kappa shape index (κ1) is 24.7. The van der Waals surface area contributed by atoms with Crippen LogP contribution in [0.2, 0.25) is 0 Å². The minimum Gasteiger partial charge on any atom is -0.494 e. The third-order valence-corrected chi connectivity index (χ3v) is 5.60. The van der Waals surface area contributed by atoms with E-state index in [1.165, 1.54) is 31.2 Å². The van der Waals surface area contributed by atoms with E-state index in [0.717, 1.165) is 51.3 Å². The molecule has 1 aromatic carbocycles. The molecule has 3 rings (SSSR count). The zero-order valence-electron chi connectivity index (χ0n) is 18.3. The number of aliphatic carboxylic acids is 2. The van der Waals surface area contributed by atoms with Gasteiger partial charge < -0.3 is 19.8 Å². The fourth-order valence-electron chi connectivity index (χ4n) is 4.07. The van der Waals surface area contributed by atoms with Crippen LogP contribution in [0.4, 0.5) is 0 Å². The summed E-state index contributed by atoms with van der Waals surface area (Å²) in [5.74, 6) is -2.13. The van der Waals surface area contributed by atoms with Gasteiger partial charge in [0.05, 0.1) is 12.5 Å². The number of piperidine rings is 1. The van der Waals surface area contributed by atoms with Crippen molar-refractivity contribution in [3.05, 3.63) is 29.8 Å². The van der Waals surface area contributed by atoms with E-state index >= 15 is 0 Å². The van der Waals surface area contributed by atoms with Crippen molar-refractivity contribution in [2.75, 3.05) is 32.8 Å². The van der Waals surface area contributed by atoms with Crippen molar-refractivity contribution >= 4 is 17.8 Å². The highest BCUT2D eigenvalue weighted by atomic mass is 16.5. The van der Waals surface area contributed by atoms with Gasteiger partial charge in [0.1, 0.15) is 5.75 Å². The molecule has 8 heteroatoms. The van der Waals surface area contributed by atoms with E-state index in [0.29, 0.717) is 12.5 Å². The van der Waals surface area contributed by atoms with E-state index < -0.39 is 11.9 Å². The van der Waals surface area contributed by atoms with E-state index in [1.807, 2.05) is 19.1 Å². The molecule has 2 heterocycles. The lowest BCUT2D eigenvalue weighted by Gasteiger charge is -2.34. The van der Waals surface area contributed by atoms with Crippen molar-refractivity contribution in [1.29, 1.82) is 0 Å². The molecule has 0 aromatic heterocycles. The zero-order valence-corrected chi connectivity index (χ0v) is 18.3. The third kappa shape index (κ3) is 8.57. The van der Waals surface area contributed by atoms with Crippen LogP contribution in [0.15, 0.2) is 24.3 Å². The summed E-state index contributed by atoms with van der Waals surface area (Å²) in [5, 5.41) is 14.8. The van der Waals surface area contributed by atoms with Crippen molar-refractivity contribution in [2.45, 2.75) is 52.0 Å².